The number of thiophene rings is 1. The van der Waals surface area contributed by atoms with Crippen molar-refractivity contribution in [2.45, 2.75) is 26.3 Å². The quantitative estimate of drug-likeness (QED) is 0.737. The molecular weight excluding hydrogens is 178 g/mol. The maximum atomic E-state index is 6.31. The van der Waals surface area contributed by atoms with Crippen molar-refractivity contribution in [3.8, 4) is 0 Å². The van der Waals surface area contributed by atoms with E-state index in [1.807, 2.05) is 12.1 Å². The van der Waals surface area contributed by atoms with Crippen molar-refractivity contribution >= 4 is 11.3 Å². The highest BCUT2D eigenvalue weighted by Gasteiger charge is 2.37. The molecule has 0 radical (unpaired) electrons. The second-order valence-corrected chi connectivity index (χ2v) is 5.05. The van der Waals surface area contributed by atoms with Gasteiger partial charge in [-0.15, -0.1) is 17.9 Å². The summed E-state index contributed by atoms with van der Waals surface area (Å²) in [5.41, 5.74) is 5.89. The van der Waals surface area contributed by atoms with Gasteiger partial charge in [-0.05, 0) is 18.4 Å². The molecule has 1 aromatic rings. The molecule has 0 amide bonds. The predicted octanol–water partition coefficient (Wildman–Crippen LogP) is 3.13. The summed E-state index contributed by atoms with van der Waals surface area (Å²) in [6.07, 6.45) is 1.92. The molecule has 1 aromatic heterocycles. The molecule has 1 rings (SSSR count). The van der Waals surface area contributed by atoms with Crippen LogP contribution in [0.5, 0.6) is 0 Å². The van der Waals surface area contributed by atoms with Gasteiger partial charge in [0, 0.05) is 10.3 Å². The molecule has 0 aliphatic rings. The van der Waals surface area contributed by atoms with Crippen molar-refractivity contribution in [3.05, 3.63) is 35.0 Å². The zero-order chi connectivity index (χ0) is 10.1. The summed E-state index contributed by atoms with van der Waals surface area (Å²) in [6, 6.07) is 4.11. The SMILES string of the molecule is C=CC(C)(C)C(C)(N)c1cccs1. The Labute approximate surface area is 84.3 Å². The molecule has 1 heterocycles. The minimum Gasteiger partial charge on any atom is -0.320 e. The van der Waals surface area contributed by atoms with Crippen LogP contribution in [0.4, 0.5) is 0 Å². The summed E-state index contributed by atoms with van der Waals surface area (Å²) >= 11 is 1.70. The van der Waals surface area contributed by atoms with Crippen LogP contribution >= 0.6 is 11.3 Å². The maximum Gasteiger partial charge on any atom is 0.0561 e. The topological polar surface area (TPSA) is 26.0 Å². The van der Waals surface area contributed by atoms with Gasteiger partial charge < -0.3 is 5.73 Å². The van der Waals surface area contributed by atoms with Crippen LogP contribution in [0, 0.1) is 5.41 Å². The molecule has 0 saturated carbocycles. The summed E-state index contributed by atoms with van der Waals surface area (Å²) in [5.74, 6) is 0. The number of hydrogen-bond acceptors (Lipinski definition) is 2. The predicted molar refractivity (Wildman–Crippen MR) is 59.8 cm³/mol. The first-order chi connectivity index (χ1) is 5.92. The van der Waals surface area contributed by atoms with E-state index in [1.54, 1.807) is 11.3 Å². The fourth-order valence-corrected chi connectivity index (χ4v) is 2.07. The standard InChI is InChI=1S/C11H17NS/c1-5-10(2,3)11(4,12)9-7-6-8-13-9/h5-8H,1,12H2,2-4H3. The van der Waals surface area contributed by atoms with E-state index in [2.05, 4.69) is 38.8 Å². The van der Waals surface area contributed by atoms with Crippen LogP contribution in [0.25, 0.3) is 0 Å². The van der Waals surface area contributed by atoms with Gasteiger partial charge in [-0.25, -0.2) is 0 Å². The average molecular weight is 195 g/mol. The van der Waals surface area contributed by atoms with Gasteiger partial charge in [-0.3, -0.25) is 0 Å². The smallest absolute Gasteiger partial charge is 0.0561 e. The molecule has 2 N–H and O–H groups in total. The molecule has 0 aliphatic carbocycles. The fourth-order valence-electron chi connectivity index (χ4n) is 1.10. The molecule has 72 valence electrons. The Balaban J connectivity index is 3.08. The van der Waals surface area contributed by atoms with Crippen molar-refractivity contribution in [2.24, 2.45) is 11.1 Å². The lowest BCUT2D eigenvalue weighted by atomic mass is 9.73. The van der Waals surface area contributed by atoms with Gasteiger partial charge in [0.25, 0.3) is 0 Å². The van der Waals surface area contributed by atoms with Crippen LogP contribution in [-0.4, -0.2) is 0 Å². The molecule has 1 atom stereocenters. The first kappa shape index (κ1) is 10.5. The lowest BCUT2D eigenvalue weighted by Crippen LogP contribution is -2.45. The molecule has 0 saturated heterocycles. The Morgan fingerprint density at radius 1 is 1.46 bits per heavy atom. The van der Waals surface area contributed by atoms with Crippen LogP contribution in [0.2, 0.25) is 0 Å². The zero-order valence-corrected chi connectivity index (χ0v) is 9.32. The van der Waals surface area contributed by atoms with Gasteiger partial charge in [0.2, 0.25) is 0 Å². The van der Waals surface area contributed by atoms with Crippen molar-refractivity contribution in [1.82, 2.24) is 0 Å². The van der Waals surface area contributed by atoms with Gasteiger partial charge in [0.1, 0.15) is 0 Å². The minimum absolute atomic E-state index is 0.0855. The van der Waals surface area contributed by atoms with E-state index < -0.39 is 0 Å². The molecule has 0 fully saturated rings. The Morgan fingerprint density at radius 3 is 2.46 bits per heavy atom. The van der Waals surface area contributed by atoms with Gasteiger partial charge in [-0.1, -0.05) is 26.0 Å². The number of rotatable bonds is 3. The van der Waals surface area contributed by atoms with E-state index in [4.69, 9.17) is 5.73 Å². The van der Waals surface area contributed by atoms with E-state index >= 15 is 0 Å². The maximum absolute atomic E-state index is 6.31. The van der Waals surface area contributed by atoms with Gasteiger partial charge >= 0.3 is 0 Å². The highest BCUT2D eigenvalue weighted by atomic mass is 32.1. The molecule has 13 heavy (non-hydrogen) atoms. The van der Waals surface area contributed by atoms with E-state index in [0.29, 0.717) is 0 Å². The molecule has 1 unspecified atom stereocenters. The average Bonchev–Trinajstić information content (AvgIpc) is 2.56. The minimum atomic E-state index is -0.330. The van der Waals surface area contributed by atoms with E-state index in [0.717, 1.165) is 0 Å². The number of hydrogen-bond donors (Lipinski definition) is 1. The van der Waals surface area contributed by atoms with E-state index in [9.17, 15) is 0 Å². The summed E-state index contributed by atoms with van der Waals surface area (Å²) in [7, 11) is 0. The van der Waals surface area contributed by atoms with E-state index in [-0.39, 0.29) is 11.0 Å². The second kappa shape index (κ2) is 3.28. The highest BCUT2D eigenvalue weighted by Crippen LogP contribution is 2.39. The monoisotopic (exact) mass is 195 g/mol. The summed E-state index contributed by atoms with van der Waals surface area (Å²) in [4.78, 5) is 1.21. The molecule has 0 aromatic carbocycles. The highest BCUT2D eigenvalue weighted by molar-refractivity contribution is 7.10. The van der Waals surface area contributed by atoms with Crippen LogP contribution in [-0.2, 0) is 5.54 Å². The summed E-state index contributed by atoms with van der Waals surface area (Å²) in [5, 5.41) is 2.06. The zero-order valence-electron chi connectivity index (χ0n) is 8.50. The molecule has 1 nitrogen and oxygen atoms in total. The summed E-state index contributed by atoms with van der Waals surface area (Å²) in [6.45, 7) is 10.1. The van der Waals surface area contributed by atoms with Crippen molar-refractivity contribution in [3.63, 3.8) is 0 Å². The summed E-state index contributed by atoms with van der Waals surface area (Å²) < 4.78 is 0. The largest absolute Gasteiger partial charge is 0.320 e. The third-order valence-corrected chi connectivity index (χ3v) is 3.99. The molecule has 0 aliphatic heterocycles. The molecule has 0 spiro atoms. The molecular formula is C11H17NS. The molecule has 2 heteroatoms. The Hall–Kier alpha value is -0.600. The lowest BCUT2D eigenvalue weighted by molar-refractivity contribution is 0.256. The van der Waals surface area contributed by atoms with Gasteiger partial charge in [0.05, 0.1) is 5.54 Å². The van der Waals surface area contributed by atoms with Crippen molar-refractivity contribution < 1.29 is 0 Å². The Morgan fingerprint density at radius 2 is 2.08 bits per heavy atom. The fraction of sp³-hybridized carbons (Fsp3) is 0.455. The van der Waals surface area contributed by atoms with Crippen LogP contribution in [0.1, 0.15) is 25.6 Å². The van der Waals surface area contributed by atoms with Crippen LogP contribution in [0.3, 0.4) is 0 Å². The van der Waals surface area contributed by atoms with Gasteiger partial charge in [0.15, 0.2) is 0 Å². The van der Waals surface area contributed by atoms with Gasteiger partial charge in [-0.2, -0.15) is 0 Å². The third-order valence-electron chi connectivity index (χ3n) is 2.88. The normalized spacial score (nSPS) is 16.6. The van der Waals surface area contributed by atoms with Crippen LogP contribution < -0.4 is 5.73 Å². The Bertz CT molecular complexity index is 283. The van der Waals surface area contributed by atoms with Crippen LogP contribution in [0.15, 0.2) is 30.2 Å². The third kappa shape index (κ3) is 1.69. The van der Waals surface area contributed by atoms with E-state index in [1.165, 1.54) is 4.88 Å². The second-order valence-electron chi connectivity index (χ2n) is 4.11. The molecule has 0 bridgehead atoms. The first-order valence-electron chi connectivity index (χ1n) is 4.38. The van der Waals surface area contributed by atoms with Crippen molar-refractivity contribution in [1.29, 1.82) is 0 Å². The lowest BCUT2D eigenvalue weighted by Gasteiger charge is -2.38. The number of nitrogens with two attached hydrogens (primary N) is 1. The first-order valence-corrected chi connectivity index (χ1v) is 5.26. The van der Waals surface area contributed by atoms with Crippen molar-refractivity contribution in [2.75, 3.05) is 0 Å². The Kier molecular flexibility index (Phi) is 2.64.